The minimum Gasteiger partial charge on any atom is -0.466 e. The average Bonchev–Trinajstić information content (AvgIpc) is 2.02. The van der Waals surface area contributed by atoms with Crippen LogP contribution >= 0.6 is 0 Å². The monoisotopic (exact) mass is 204 g/mol. The molecule has 0 N–H and O–H groups in total. The fourth-order valence-corrected chi connectivity index (χ4v) is 1.55. The summed E-state index contributed by atoms with van der Waals surface area (Å²) in [5, 5.41) is 0. The molecular weight excluding hydrogens is 192 g/mol. The first-order chi connectivity index (χ1) is 6.02. The summed E-state index contributed by atoms with van der Waals surface area (Å²) in [6.45, 7) is 1.92. The summed E-state index contributed by atoms with van der Waals surface area (Å²) >= 11 is 0. The predicted octanol–water partition coefficient (Wildman–Crippen LogP) is -0.0124. The lowest BCUT2D eigenvalue weighted by atomic mass is 10.5. The van der Waals surface area contributed by atoms with Crippen LogP contribution in [0.4, 0.5) is 0 Å². The van der Waals surface area contributed by atoms with Crippen molar-refractivity contribution in [2.24, 2.45) is 0 Å². The smallest absolute Gasteiger partial charge is 0.306 e. The Balaban J connectivity index is 3.90. The Bertz CT molecular complexity index is 297. The normalized spacial score (nSPS) is 10.5. The van der Waals surface area contributed by atoms with Crippen LogP contribution in [0.2, 0.25) is 0 Å². The van der Waals surface area contributed by atoms with Gasteiger partial charge < -0.3 is 4.74 Å². The molecule has 4 nitrogen and oxygen atoms in total. The zero-order chi connectivity index (χ0) is 10.3. The second kappa shape index (κ2) is 5.60. The van der Waals surface area contributed by atoms with E-state index in [1.54, 1.807) is 6.92 Å². The number of carbonyl (C=O) groups excluding carboxylic acids is 1. The predicted molar refractivity (Wildman–Crippen MR) is 48.7 cm³/mol. The number of hydrogen-bond acceptors (Lipinski definition) is 4. The SMILES string of the molecule is C#CCS(=O)(=O)CCC(=O)OCC. The van der Waals surface area contributed by atoms with Gasteiger partial charge in [-0.1, -0.05) is 5.92 Å². The summed E-state index contributed by atoms with van der Waals surface area (Å²) in [6, 6.07) is 0. The van der Waals surface area contributed by atoms with Crippen LogP contribution in [0.5, 0.6) is 0 Å². The molecule has 5 heteroatoms. The lowest BCUT2D eigenvalue weighted by Crippen LogP contribution is -2.15. The molecular formula is C8H12O4S. The lowest BCUT2D eigenvalue weighted by molar-refractivity contribution is -0.142. The highest BCUT2D eigenvalue weighted by molar-refractivity contribution is 7.91. The van der Waals surface area contributed by atoms with E-state index in [0.29, 0.717) is 0 Å². The standard InChI is InChI=1S/C8H12O4S/c1-3-6-13(10,11)7-5-8(9)12-4-2/h1H,4-7H2,2H3. The molecule has 13 heavy (non-hydrogen) atoms. The first-order valence-electron chi connectivity index (χ1n) is 3.81. The van der Waals surface area contributed by atoms with Crippen molar-refractivity contribution in [3.63, 3.8) is 0 Å². The Morgan fingerprint density at radius 3 is 2.62 bits per heavy atom. The maximum absolute atomic E-state index is 11.0. The van der Waals surface area contributed by atoms with E-state index in [2.05, 4.69) is 4.74 Å². The van der Waals surface area contributed by atoms with Gasteiger partial charge in [0.05, 0.1) is 18.8 Å². The van der Waals surface area contributed by atoms with Crippen LogP contribution in [0.25, 0.3) is 0 Å². The quantitative estimate of drug-likeness (QED) is 0.466. The minimum absolute atomic E-state index is 0.127. The Hall–Kier alpha value is -1.02. The first kappa shape index (κ1) is 12.0. The van der Waals surface area contributed by atoms with Gasteiger partial charge in [0, 0.05) is 0 Å². The van der Waals surface area contributed by atoms with Gasteiger partial charge in [-0.05, 0) is 6.92 Å². The van der Waals surface area contributed by atoms with E-state index >= 15 is 0 Å². The lowest BCUT2D eigenvalue weighted by Gasteiger charge is -2.00. The van der Waals surface area contributed by atoms with E-state index in [1.165, 1.54) is 0 Å². The number of carbonyl (C=O) groups is 1. The van der Waals surface area contributed by atoms with Crippen LogP contribution in [-0.4, -0.2) is 32.5 Å². The van der Waals surface area contributed by atoms with Gasteiger partial charge in [0.2, 0.25) is 0 Å². The van der Waals surface area contributed by atoms with Gasteiger partial charge >= 0.3 is 5.97 Å². The van der Waals surface area contributed by atoms with Crippen molar-refractivity contribution >= 4 is 15.8 Å². The first-order valence-corrected chi connectivity index (χ1v) is 5.63. The molecule has 0 aromatic heterocycles. The average molecular weight is 204 g/mol. The van der Waals surface area contributed by atoms with E-state index in [4.69, 9.17) is 6.42 Å². The molecule has 0 atom stereocenters. The molecule has 0 rings (SSSR count). The fourth-order valence-electron chi connectivity index (χ4n) is 0.671. The zero-order valence-electron chi connectivity index (χ0n) is 7.45. The third-order valence-corrected chi connectivity index (χ3v) is 2.66. The molecule has 0 bridgehead atoms. The molecule has 0 saturated carbocycles. The third kappa shape index (κ3) is 6.17. The Labute approximate surface area is 78.2 Å². The van der Waals surface area contributed by atoms with Crippen molar-refractivity contribution in [1.29, 1.82) is 0 Å². The molecule has 0 spiro atoms. The summed E-state index contributed by atoms with van der Waals surface area (Å²) in [5.74, 6) is 0.946. The molecule has 0 radical (unpaired) electrons. The highest BCUT2D eigenvalue weighted by Crippen LogP contribution is 1.95. The number of rotatable bonds is 5. The van der Waals surface area contributed by atoms with Crippen molar-refractivity contribution in [3.8, 4) is 12.3 Å². The maximum atomic E-state index is 11.0. The second-order valence-electron chi connectivity index (χ2n) is 2.35. The molecule has 0 amide bonds. The molecule has 0 fully saturated rings. The summed E-state index contributed by atoms with van der Waals surface area (Å²) in [7, 11) is -3.28. The highest BCUT2D eigenvalue weighted by atomic mass is 32.2. The van der Waals surface area contributed by atoms with Gasteiger partial charge in [-0.25, -0.2) is 8.42 Å². The summed E-state index contributed by atoms with van der Waals surface area (Å²) in [5.41, 5.74) is 0. The van der Waals surface area contributed by atoms with E-state index in [1.807, 2.05) is 5.92 Å². The van der Waals surface area contributed by atoms with Gasteiger partial charge in [0.25, 0.3) is 0 Å². The van der Waals surface area contributed by atoms with Crippen molar-refractivity contribution in [2.75, 3.05) is 18.1 Å². The van der Waals surface area contributed by atoms with Crippen molar-refractivity contribution in [2.45, 2.75) is 13.3 Å². The molecule has 0 heterocycles. The van der Waals surface area contributed by atoms with Crippen molar-refractivity contribution < 1.29 is 17.9 Å². The topological polar surface area (TPSA) is 60.4 Å². The van der Waals surface area contributed by atoms with E-state index in [-0.39, 0.29) is 24.5 Å². The molecule has 0 unspecified atom stereocenters. The van der Waals surface area contributed by atoms with Gasteiger partial charge in [-0.3, -0.25) is 4.79 Å². The van der Waals surface area contributed by atoms with E-state index in [0.717, 1.165) is 0 Å². The highest BCUT2D eigenvalue weighted by Gasteiger charge is 2.12. The number of hydrogen-bond donors (Lipinski definition) is 0. The largest absolute Gasteiger partial charge is 0.466 e. The fraction of sp³-hybridized carbons (Fsp3) is 0.625. The van der Waals surface area contributed by atoms with Crippen LogP contribution in [0, 0.1) is 12.3 Å². The zero-order valence-corrected chi connectivity index (χ0v) is 8.26. The van der Waals surface area contributed by atoms with Gasteiger partial charge in [0.15, 0.2) is 9.84 Å². The molecule has 74 valence electrons. The molecule has 0 aliphatic rings. The Kier molecular flexibility index (Phi) is 5.16. The second-order valence-corrected chi connectivity index (χ2v) is 4.54. The molecule has 0 aliphatic carbocycles. The minimum atomic E-state index is -3.28. The summed E-state index contributed by atoms with van der Waals surface area (Å²) in [6.07, 6.45) is 4.71. The molecule has 0 aromatic carbocycles. The Morgan fingerprint density at radius 2 is 2.15 bits per heavy atom. The number of ether oxygens (including phenoxy) is 1. The van der Waals surface area contributed by atoms with E-state index < -0.39 is 15.8 Å². The third-order valence-electron chi connectivity index (χ3n) is 1.23. The van der Waals surface area contributed by atoms with Gasteiger partial charge in [-0.15, -0.1) is 6.42 Å². The van der Waals surface area contributed by atoms with Crippen molar-refractivity contribution in [1.82, 2.24) is 0 Å². The maximum Gasteiger partial charge on any atom is 0.306 e. The molecule has 0 saturated heterocycles. The van der Waals surface area contributed by atoms with Crippen molar-refractivity contribution in [3.05, 3.63) is 0 Å². The Morgan fingerprint density at radius 1 is 1.54 bits per heavy atom. The van der Waals surface area contributed by atoms with E-state index in [9.17, 15) is 13.2 Å². The van der Waals surface area contributed by atoms with Gasteiger partial charge in [0.1, 0.15) is 5.75 Å². The van der Waals surface area contributed by atoms with Crippen LogP contribution < -0.4 is 0 Å². The molecule has 0 aromatic rings. The summed E-state index contributed by atoms with van der Waals surface area (Å²) in [4.78, 5) is 10.8. The summed E-state index contributed by atoms with van der Waals surface area (Å²) < 4.78 is 26.5. The van der Waals surface area contributed by atoms with Gasteiger partial charge in [-0.2, -0.15) is 0 Å². The molecule has 0 aliphatic heterocycles. The van der Waals surface area contributed by atoms with Crippen LogP contribution in [0.3, 0.4) is 0 Å². The number of esters is 1. The number of terminal acetylenes is 1. The number of sulfone groups is 1. The van der Waals surface area contributed by atoms with Crippen LogP contribution in [0.1, 0.15) is 13.3 Å². The van der Waals surface area contributed by atoms with Crippen LogP contribution in [0.15, 0.2) is 0 Å². The van der Waals surface area contributed by atoms with Crippen LogP contribution in [-0.2, 0) is 19.4 Å².